The number of aliphatic imine (C=N–C) groups is 1. The highest BCUT2D eigenvalue weighted by Gasteiger charge is 1.99. The van der Waals surface area contributed by atoms with Crippen molar-refractivity contribution in [2.45, 2.75) is 6.54 Å². The molecule has 3 nitrogen and oxygen atoms in total. The van der Waals surface area contributed by atoms with E-state index in [1.807, 2.05) is 12.1 Å². The smallest absolute Gasteiger partial charge is 0.186 e. The molecule has 0 amide bonds. The first-order valence-corrected chi connectivity index (χ1v) is 4.76. The third kappa shape index (κ3) is 4.17. The standard InChI is InChI=1S/C8H9BrClN3.ClH/c9-6-2-1-5(7(10)3-6)4-13-8(11)12;/h1-3H,4H2,(H4,11,12,13);1H. The Hall–Kier alpha value is -0.450. The van der Waals surface area contributed by atoms with E-state index >= 15 is 0 Å². The maximum absolute atomic E-state index is 5.93. The average molecular weight is 299 g/mol. The number of hydrogen-bond donors (Lipinski definition) is 2. The van der Waals surface area contributed by atoms with Gasteiger partial charge < -0.3 is 11.5 Å². The fourth-order valence-corrected chi connectivity index (χ4v) is 1.56. The van der Waals surface area contributed by atoms with Gasteiger partial charge in [-0.05, 0) is 17.7 Å². The molecule has 0 aromatic heterocycles. The van der Waals surface area contributed by atoms with E-state index in [0.29, 0.717) is 11.6 Å². The number of nitrogens with zero attached hydrogens (tertiary/aromatic N) is 1. The Morgan fingerprint density at radius 2 is 2.07 bits per heavy atom. The first kappa shape index (κ1) is 13.5. The van der Waals surface area contributed by atoms with Gasteiger partial charge in [-0.25, -0.2) is 4.99 Å². The van der Waals surface area contributed by atoms with Crippen LogP contribution in [0.5, 0.6) is 0 Å². The van der Waals surface area contributed by atoms with Crippen LogP contribution < -0.4 is 11.5 Å². The molecule has 0 saturated heterocycles. The molecule has 0 fully saturated rings. The zero-order valence-corrected chi connectivity index (χ0v) is 10.4. The van der Waals surface area contributed by atoms with Gasteiger partial charge in [0.25, 0.3) is 0 Å². The van der Waals surface area contributed by atoms with Crippen molar-refractivity contribution in [3.63, 3.8) is 0 Å². The summed E-state index contributed by atoms with van der Waals surface area (Å²) >= 11 is 9.24. The summed E-state index contributed by atoms with van der Waals surface area (Å²) in [5.74, 6) is 0.0685. The minimum atomic E-state index is 0. The van der Waals surface area contributed by atoms with E-state index in [9.17, 15) is 0 Å². The van der Waals surface area contributed by atoms with Crippen LogP contribution in [0.2, 0.25) is 5.02 Å². The van der Waals surface area contributed by atoms with Crippen molar-refractivity contribution >= 4 is 45.9 Å². The second kappa shape index (κ2) is 6.11. The fraction of sp³-hybridized carbons (Fsp3) is 0.125. The van der Waals surface area contributed by atoms with Gasteiger partial charge in [0.05, 0.1) is 6.54 Å². The number of hydrogen-bond acceptors (Lipinski definition) is 1. The zero-order valence-electron chi connectivity index (χ0n) is 7.21. The number of rotatable bonds is 2. The van der Waals surface area contributed by atoms with Crippen LogP contribution >= 0.6 is 39.9 Å². The fourth-order valence-electron chi connectivity index (χ4n) is 0.826. The number of guanidine groups is 1. The van der Waals surface area contributed by atoms with Crippen molar-refractivity contribution in [1.29, 1.82) is 0 Å². The van der Waals surface area contributed by atoms with E-state index in [2.05, 4.69) is 20.9 Å². The third-order valence-corrected chi connectivity index (χ3v) is 2.29. The maximum atomic E-state index is 5.93. The SMILES string of the molecule is Cl.NC(N)=NCc1ccc(Br)cc1Cl. The lowest BCUT2D eigenvalue weighted by molar-refractivity contribution is 1.05. The van der Waals surface area contributed by atoms with Crippen molar-refractivity contribution < 1.29 is 0 Å². The molecule has 1 rings (SSSR count). The van der Waals surface area contributed by atoms with E-state index < -0.39 is 0 Å². The molecule has 78 valence electrons. The number of nitrogens with two attached hydrogens (primary N) is 2. The summed E-state index contributed by atoms with van der Waals surface area (Å²) in [5.41, 5.74) is 11.3. The molecule has 0 unspecified atom stereocenters. The average Bonchev–Trinajstić information content (AvgIpc) is 2.02. The molecule has 1 aromatic carbocycles. The van der Waals surface area contributed by atoms with Gasteiger partial charge in [0, 0.05) is 9.50 Å². The lowest BCUT2D eigenvalue weighted by Gasteiger charge is -2.01. The Morgan fingerprint density at radius 1 is 1.43 bits per heavy atom. The quantitative estimate of drug-likeness (QED) is 0.650. The van der Waals surface area contributed by atoms with Crippen LogP contribution in [0.1, 0.15) is 5.56 Å². The summed E-state index contributed by atoms with van der Waals surface area (Å²) in [6.45, 7) is 0.411. The maximum Gasteiger partial charge on any atom is 0.186 e. The molecule has 14 heavy (non-hydrogen) atoms. The van der Waals surface area contributed by atoms with Crippen molar-refractivity contribution in [2.75, 3.05) is 0 Å². The molecule has 0 aliphatic heterocycles. The van der Waals surface area contributed by atoms with Crippen LogP contribution in [0.4, 0.5) is 0 Å². The first-order chi connectivity index (χ1) is 6.09. The third-order valence-electron chi connectivity index (χ3n) is 1.45. The summed E-state index contributed by atoms with van der Waals surface area (Å²) in [6.07, 6.45) is 0. The van der Waals surface area contributed by atoms with Crippen LogP contribution in [-0.4, -0.2) is 5.96 Å². The van der Waals surface area contributed by atoms with Crippen molar-refractivity contribution in [2.24, 2.45) is 16.5 Å². The van der Waals surface area contributed by atoms with Crippen molar-refractivity contribution in [3.05, 3.63) is 33.3 Å². The Bertz CT molecular complexity index is 337. The van der Waals surface area contributed by atoms with Gasteiger partial charge in [-0.2, -0.15) is 0 Å². The van der Waals surface area contributed by atoms with E-state index in [0.717, 1.165) is 10.0 Å². The van der Waals surface area contributed by atoms with Crippen LogP contribution in [0, 0.1) is 0 Å². The molecular formula is C8H10BrCl2N3. The van der Waals surface area contributed by atoms with Gasteiger partial charge in [0.2, 0.25) is 0 Å². The Balaban J connectivity index is 0.00000169. The highest BCUT2D eigenvalue weighted by Crippen LogP contribution is 2.21. The molecule has 0 bridgehead atoms. The Labute approximate surface area is 102 Å². The van der Waals surface area contributed by atoms with Gasteiger partial charge in [0.1, 0.15) is 0 Å². The van der Waals surface area contributed by atoms with Crippen LogP contribution in [-0.2, 0) is 6.54 Å². The van der Waals surface area contributed by atoms with E-state index in [1.54, 1.807) is 6.07 Å². The van der Waals surface area contributed by atoms with Crippen LogP contribution in [0.15, 0.2) is 27.7 Å². The molecule has 0 saturated carbocycles. The summed E-state index contributed by atoms with van der Waals surface area (Å²) in [6, 6.07) is 5.57. The van der Waals surface area contributed by atoms with Crippen molar-refractivity contribution in [1.82, 2.24) is 0 Å². The van der Waals surface area contributed by atoms with Gasteiger partial charge in [-0.1, -0.05) is 33.6 Å². The summed E-state index contributed by atoms with van der Waals surface area (Å²) in [4.78, 5) is 3.86. The molecule has 0 spiro atoms. The van der Waals surface area contributed by atoms with Crippen LogP contribution in [0.3, 0.4) is 0 Å². The predicted molar refractivity (Wildman–Crippen MR) is 65.9 cm³/mol. The van der Waals surface area contributed by atoms with Gasteiger partial charge in [-0.3, -0.25) is 0 Å². The number of benzene rings is 1. The topological polar surface area (TPSA) is 64.4 Å². The zero-order chi connectivity index (χ0) is 9.84. The highest BCUT2D eigenvalue weighted by atomic mass is 79.9. The van der Waals surface area contributed by atoms with Gasteiger partial charge in [-0.15, -0.1) is 12.4 Å². The molecule has 6 heteroatoms. The Morgan fingerprint density at radius 3 is 2.57 bits per heavy atom. The monoisotopic (exact) mass is 297 g/mol. The predicted octanol–water partition coefficient (Wildman–Crippen LogP) is 2.30. The summed E-state index contributed by atoms with van der Waals surface area (Å²) in [5, 5.41) is 0.652. The molecule has 0 atom stereocenters. The van der Waals surface area contributed by atoms with Crippen LogP contribution in [0.25, 0.3) is 0 Å². The molecule has 0 radical (unpaired) electrons. The molecular weight excluding hydrogens is 289 g/mol. The second-order valence-corrected chi connectivity index (χ2v) is 3.80. The molecule has 1 aromatic rings. The van der Waals surface area contributed by atoms with E-state index in [4.69, 9.17) is 23.1 Å². The van der Waals surface area contributed by atoms with E-state index in [1.165, 1.54) is 0 Å². The van der Waals surface area contributed by atoms with Crippen molar-refractivity contribution in [3.8, 4) is 0 Å². The summed E-state index contributed by atoms with van der Waals surface area (Å²) in [7, 11) is 0. The summed E-state index contributed by atoms with van der Waals surface area (Å²) < 4.78 is 0.936. The lowest BCUT2D eigenvalue weighted by atomic mass is 10.2. The first-order valence-electron chi connectivity index (χ1n) is 3.59. The van der Waals surface area contributed by atoms with Gasteiger partial charge in [0.15, 0.2) is 5.96 Å². The minimum Gasteiger partial charge on any atom is -0.370 e. The van der Waals surface area contributed by atoms with Gasteiger partial charge >= 0.3 is 0 Å². The van der Waals surface area contributed by atoms with E-state index in [-0.39, 0.29) is 18.4 Å². The lowest BCUT2D eigenvalue weighted by Crippen LogP contribution is -2.22. The minimum absolute atomic E-state index is 0. The largest absolute Gasteiger partial charge is 0.370 e. The second-order valence-electron chi connectivity index (χ2n) is 2.48. The molecule has 0 aliphatic carbocycles. The normalized spacial score (nSPS) is 9.00. The Kier molecular flexibility index (Phi) is 5.92. The molecule has 4 N–H and O–H groups in total. The molecule has 0 aliphatic rings. The highest BCUT2D eigenvalue weighted by molar-refractivity contribution is 9.10. The molecule has 0 heterocycles. The number of halogens is 3.